The summed E-state index contributed by atoms with van der Waals surface area (Å²) in [4.78, 5) is 12.2. The van der Waals surface area contributed by atoms with Crippen molar-refractivity contribution in [1.29, 1.82) is 0 Å². The van der Waals surface area contributed by atoms with Gasteiger partial charge in [-0.15, -0.1) is 0 Å². The Kier molecular flexibility index (Phi) is 3.84. The molecule has 1 fully saturated rings. The van der Waals surface area contributed by atoms with E-state index in [1.54, 1.807) is 19.1 Å². The molecule has 5 heteroatoms. The fraction of sp³-hybridized carbons (Fsp3) is 0.462. The smallest absolute Gasteiger partial charge is 0.147 e. The molecule has 2 atom stereocenters. The topological polar surface area (TPSA) is 52.3 Å². The lowest BCUT2D eigenvalue weighted by Gasteiger charge is -2.25. The van der Waals surface area contributed by atoms with Crippen LogP contribution in [0.4, 0.5) is 4.39 Å². The Labute approximate surface area is 114 Å². The summed E-state index contributed by atoms with van der Waals surface area (Å²) in [5, 5.41) is 0. The van der Waals surface area contributed by atoms with Crippen molar-refractivity contribution in [3.63, 3.8) is 0 Å². The highest BCUT2D eigenvalue weighted by molar-refractivity contribution is 9.10. The Morgan fingerprint density at radius 1 is 1.67 bits per heavy atom. The molecule has 0 amide bonds. The van der Waals surface area contributed by atoms with Gasteiger partial charge in [0.25, 0.3) is 0 Å². The van der Waals surface area contributed by atoms with Crippen LogP contribution in [0, 0.1) is 11.2 Å². The molecule has 1 aliphatic rings. The second-order valence-corrected chi connectivity index (χ2v) is 5.79. The maximum atomic E-state index is 13.7. The maximum Gasteiger partial charge on any atom is 0.147 e. The summed E-state index contributed by atoms with van der Waals surface area (Å²) in [7, 11) is 0. The van der Waals surface area contributed by atoms with Gasteiger partial charge in [0.2, 0.25) is 0 Å². The minimum absolute atomic E-state index is 0.0483. The molecule has 1 heterocycles. The molecule has 2 rings (SSSR count). The lowest BCUT2D eigenvalue weighted by molar-refractivity contribution is -0.127. The SMILES string of the molecule is CC1(C(=O)Cc2ccc(Br)cc2F)COCC1N. The van der Waals surface area contributed by atoms with Gasteiger partial charge >= 0.3 is 0 Å². The molecule has 1 aromatic rings. The first-order valence-corrected chi connectivity index (χ1v) is 6.53. The summed E-state index contributed by atoms with van der Waals surface area (Å²) in [5.41, 5.74) is 5.57. The minimum atomic E-state index is -0.709. The zero-order chi connectivity index (χ0) is 13.3. The molecule has 0 radical (unpaired) electrons. The molecule has 0 saturated carbocycles. The van der Waals surface area contributed by atoms with E-state index in [1.807, 2.05) is 0 Å². The summed E-state index contributed by atoms with van der Waals surface area (Å²) in [6, 6.07) is 4.38. The largest absolute Gasteiger partial charge is 0.379 e. The maximum absolute atomic E-state index is 13.7. The Morgan fingerprint density at radius 3 is 2.94 bits per heavy atom. The van der Waals surface area contributed by atoms with Crippen LogP contribution in [0.5, 0.6) is 0 Å². The molecule has 1 aromatic carbocycles. The van der Waals surface area contributed by atoms with Gasteiger partial charge in [-0.05, 0) is 24.6 Å². The lowest BCUT2D eigenvalue weighted by atomic mass is 9.79. The van der Waals surface area contributed by atoms with Crippen molar-refractivity contribution >= 4 is 21.7 Å². The second kappa shape index (κ2) is 5.07. The van der Waals surface area contributed by atoms with Crippen LogP contribution in [0.2, 0.25) is 0 Å². The number of carbonyl (C=O) groups is 1. The van der Waals surface area contributed by atoms with E-state index in [0.717, 1.165) is 0 Å². The van der Waals surface area contributed by atoms with Crippen molar-refractivity contribution in [2.24, 2.45) is 11.1 Å². The quantitative estimate of drug-likeness (QED) is 0.929. The molecule has 0 aliphatic carbocycles. The Bertz CT molecular complexity index is 480. The summed E-state index contributed by atoms with van der Waals surface area (Å²) in [5.74, 6) is -0.456. The zero-order valence-electron chi connectivity index (χ0n) is 10.1. The molecule has 0 aromatic heterocycles. The minimum Gasteiger partial charge on any atom is -0.379 e. The first-order chi connectivity index (χ1) is 8.43. The van der Waals surface area contributed by atoms with Crippen LogP contribution in [0.1, 0.15) is 12.5 Å². The molecule has 1 aliphatic heterocycles. The van der Waals surface area contributed by atoms with E-state index in [2.05, 4.69) is 15.9 Å². The predicted octanol–water partition coefficient (Wildman–Crippen LogP) is 2.06. The zero-order valence-corrected chi connectivity index (χ0v) is 11.7. The molecule has 2 N–H and O–H groups in total. The second-order valence-electron chi connectivity index (χ2n) is 4.87. The highest BCUT2D eigenvalue weighted by Gasteiger charge is 2.43. The Hall–Kier alpha value is -0.780. The number of benzene rings is 1. The van der Waals surface area contributed by atoms with E-state index in [0.29, 0.717) is 23.2 Å². The van der Waals surface area contributed by atoms with Crippen molar-refractivity contribution in [2.75, 3.05) is 13.2 Å². The number of nitrogens with two attached hydrogens (primary N) is 1. The summed E-state index contributed by atoms with van der Waals surface area (Å²) in [6.07, 6.45) is 0.0483. The number of Topliss-reactive ketones (excluding diaryl/α,β-unsaturated/α-hetero) is 1. The molecular formula is C13H15BrFNO2. The van der Waals surface area contributed by atoms with Gasteiger partial charge < -0.3 is 10.5 Å². The number of carbonyl (C=O) groups excluding carboxylic acids is 1. The molecule has 0 spiro atoms. The van der Waals surface area contributed by atoms with Crippen LogP contribution in [0.25, 0.3) is 0 Å². The van der Waals surface area contributed by atoms with Gasteiger partial charge in [0, 0.05) is 16.9 Å². The van der Waals surface area contributed by atoms with Gasteiger partial charge in [-0.25, -0.2) is 4.39 Å². The summed E-state index contributed by atoms with van der Waals surface area (Å²) >= 11 is 3.18. The number of halogens is 2. The standard InChI is InChI=1S/C13H15BrFNO2/c1-13(7-18-6-11(13)16)12(17)4-8-2-3-9(14)5-10(8)15/h2-3,5,11H,4,6-7,16H2,1H3. The molecule has 3 nitrogen and oxygen atoms in total. The Balaban J connectivity index is 2.16. The van der Waals surface area contributed by atoms with Crippen LogP contribution in [-0.4, -0.2) is 25.0 Å². The first-order valence-electron chi connectivity index (χ1n) is 5.74. The highest BCUT2D eigenvalue weighted by atomic mass is 79.9. The van der Waals surface area contributed by atoms with Crippen LogP contribution < -0.4 is 5.73 Å². The van der Waals surface area contributed by atoms with E-state index in [9.17, 15) is 9.18 Å². The van der Waals surface area contributed by atoms with Crippen molar-refractivity contribution in [3.8, 4) is 0 Å². The van der Waals surface area contributed by atoms with E-state index >= 15 is 0 Å². The molecule has 1 saturated heterocycles. The van der Waals surface area contributed by atoms with Crippen LogP contribution in [0.3, 0.4) is 0 Å². The van der Waals surface area contributed by atoms with E-state index in [-0.39, 0.29) is 24.1 Å². The first kappa shape index (κ1) is 13.6. The number of hydrogen-bond donors (Lipinski definition) is 1. The van der Waals surface area contributed by atoms with Gasteiger partial charge in [-0.3, -0.25) is 4.79 Å². The average molecular weight is 316 g/mol. The van der Waals surface area contributed by atoms with Crippen LogP contribution >= 0.6 is 15.9 Å². The number of hydrogen-bond acceptors (Lipinski definition) is 3. The normalized spacial score (nSPS) is 27.4. The molecule has 18 heavy (non-hydrogen) atoms. The summed E-state index contributed by atoms with van der Waals surface area (Å²) < 4.78 is 19.6. The number of ether oxygens (including phenoxy) is 1. The van der Waals surface area contributed by atoms with Gasteiger partial charge in [0.05, 0.1) is 18.6 Å². The van der Waals surface area contributed by atoms with Crippen molar-refractivity contribution < 1.29 is 13.9 Å². The number of ketones is 1. The fourth-order valence-electron chi connectivity index (χ4n) is 2.02. The average Bonchev–Trinajstić information content (AvgIpc) is 2.64. The van der Waals surface area contributed by atoms with Crippen LogP contribution in [-0.2, 0) is 16.0 Å². The highest BCUT2D eigenvalue weighted by Crippen LogP contribution is 2.30. The van der Waals surface area contributed by atoms with E-state index in [1.165, 1.54) is 6.07 Å². The van der Waals surface area contributed by atoms with Gasteiger partial charge in [0.1, 0.15) is 11.6 Å². The fourth-order valence-corrected chi connectivity index (χ4v) is 2.35. The van der Waals surface area contributed by atoms with Crippen molar-refractivity contribution in [3.05, 3.63) is 34.1 Å². The predicted molar refractivity (Wildman–Crippen MR) is 69.7 cm³/mol. The Morgan fingerprint density at radius 2 is 2.39 bits per heavy atom. The molecule has 2 unspecified atom stereocenters. The third-order valence-corrected chi connectivity index (χ3v) is 4.01. The third kappa shape index (κ3) is 2.48. The monoisotopic (exact) mass is 315 g/mol. The lowest BCUT2D eigenvalue weighted by Crippen LogP contribution is -2.45. The summed E-state index contributed by atoms with van der Waals surface area (Å²) in [6.45, 7) is 2.47. The van der Waals surface area contributed by atoms with Gasteiger partial charge in [-0.1, -0.05) is 22.0 Å². The van der Waals surface area contributed by atoms with Crippen LogP contribution in [0.15, 0.2) is 22.7 Å². The van der Waals surface area contributed by atoms with Crippen molar-refractivity contribution in [1.82, 2.24) is 0 Å². The molecule has 0 bridgehead atoms. The third-order valence-electron chi connectivity index (χ3n) is 3.52. The number of rotatable bonds is 3. The van der Waals surface area contributed by atoms with Gasteiger partial charge in [-0.2, -0.15) is 0 Å². The molecule has 98 valence electrons. The van der Waals surface area contributed by atoms with Gasteiger partial charge in [0.15, 0.2) is 0 Å². The van der Waals surface area contributed by atoms with E-state index < -0.39 is 5.41 Å². The van der Waals surface area contributed by atoms with Crippen molar-refractivity contribution in [2.45, 2.75) is 19.4 Å². The van der Waals surface area contributed by atoms with E-state index in [4.69, 9.17) is 10.5 Å². The molecular weight excluding hydrogens is 301 g/mol.